The van der Waals surface area contributed by atoms with Crippen LogP contribution in [-0.4, -0.2) is 44.0 Å². The summed E-state index contributed by atoms with van der Waals surface area (Å²) in [6, 6.07) is 6.71. The summed E-state index contributed by atoms with van der Waals surface area (Å²) in [6.45, 7) is 1.73. The lowest BCUT2D eigenvalue weighted by atomic mass is 10.0. The van der Waals surface area contributed by atoms with Crippen LogP contribution in [0, 0.1) is 11.3 Å². The highest BCUT2D eigenvalue weighted by atomic mass is 16.5. The van der Waals surface area contributed by atoms with E-state index in [-0.39, 0.29) is 19.1 Å². The number of fused-ring (bicyclic) bond motifs is 1. The molecule has 6 heteroatoms. The Morgan fingerprint density at radius 3 is 2.76 bits per heavy atom. The van der Waals surface area contributed by atoms with Crippen molar-refractivity contribution in [1.82, 2.24) is 4.90 Å². The first kappa shape index (κ1) is 14.9. The number of hydrogen-bond donors (Lipinski definition) is 0. The second-order valence-electron chi connectivity index (χ2n) is 4.91. The fourth-order valence-corrected chi connectivity index (χ4v) is 2.47. The number of esters is 1. The minimum atomic E-state index is -0.753. The van der Waals surface area contributed by atoms with Crippen LogP contribution in [0.1, 0.15) is 28.9 Å². The van der Waals surface area contributed by atoms with Gasteiger partial charge in [0.25, 0.3) is 5.91 Å². The van der Waals surface area contributed by atoms with Crippen molar-refractivity contribution < 1.29 is 14.3 Å². The van der Waals surface area contributed by atoms with Gasteiger partial charge in [0, 0.05) is 25.3 Å². The summed E-state index contributed by atoms with van der Waals surface area (Å²) in [5, 5.41) is 9.36. The van der Waals surface area contributed by atoms with Gasteiger partial charge in [-0.1, -0.05) is 12.1 Å². The monoisotopic (exact) mass is 287 g/mol. The van der Waals surface area contributed by atoms with Crippen molar-refractivity contribution in [3.8, 4) is 6.07 Å². The van der Waals surface area contributed by atoms with Crippen LogP contribution in [0.2, 0.25) is 0 Å². The van der Waals surface area contributed by atoms with Crippen molar-refractivity contribution in [3.63, 3.8) is 0 Å². The smallest absolute Gasteiger partial charge is 0.325 e. The van der Waals surface area contributed by atoms with Crippen LogP contribution in [0.15, 0.2) is 18.2 Å². The number of ether oxygens (including phenoxy) is 1. The van der Waals surface area contributed by atoms with Crippen LogP contribution in [0.3, 0.4) is 0 Å². The van der Waals surface area contributed by atoms with Gasteiger partial charge < -0.3 is 14.5 Å². The molecule has 0 aliphatic carbocycles. The lowest BCUT2D eigenvalue weighted by molar-refractivity contribution is -0.144. The molecule has 2 rings (SSSR count). The summed E-state index contributed by atoms with van der Waals surface area (Å²) in [4.78, 5) is 27.3. The van der Waals surface area contributed by atoms with Gasteiger partial charge in [0.2, 0.25) is 0 Å². The van der Waals surface area contributed by atoms with Crippen LogP contribution in [0.4, 0.5) is 5.69 Å². The number of amides is 1. The average molecular weight is 287 g/mol. The third-order valence-electron chi connectivity index (χ3n) is 3.36. The lowest BCUT2D eigenvalue weighted by Gasteiger charge is -2.18. The Balaban J connectivity index is 2.41. The Bertz CT molecular complexity index is 619. The molecule has 0 N–H and O–H groups in total. The van der Waals surface area contributed by atoms with E-state index in [1.807, 2.05) is 25.1 Å². The van der Waals surface area contributed by atoms with Crippen molar-refractivity contribution in [2.45, 2.75) is 13.0 Å². The van der Waals surface area contributed by atoms with Crippen molar-refractivity contribution in [1.29, 1.82) is 5.26 Å². The number of nitrogens with zero attached hydrogens (tertiary/aromatic N) is 3. The Labute approximate surface area is 123 Å². The summed E-state index contributed by atoms with van der Waals surface area (Å²) >= 11 is 0. The zero-order valence-electron chi connectivity index (χ0n) is 12.3. The number of rotatable bonds is 4. The van der Waals surface area contributed by atoms with Crippen molar-refractivity contribution in [2.24, 2.45) is 0 Å². The van der Waals surface area contributed by atoms with Crippen LogP contribution in [-0.2, 0) is 9.53 Å². The molecule has 1 amide bonds. The second kappa shape index (κ2) is 5.83. The summed E-state index contributed by atoms with van der Waals surface area (Å²) in [6.07, 6.45) is 0. The molecule has 1 aliphatic rings. The van der Waals surface area contributed by atoms with Crippen LogP contribution < -0.4 is 4.90 Å². The van der Waals surface area contributed by atoms with E-state index in [2.05, 4.69) is 6.07 Å². The van der Waals surface area contributed by atoms with Gasteiger partial charge >= 0.3 is 5.97 Å². The Kier molecular flexibility index (Phi) is 4.13. The first-order chi connectivity index (χ1) is 10.0. The molecular weight excluding hydrogens is 270 g/mol. The van der Waals surface area contributed by atoms with Gasteiger partial charge in [0.1, 0.15) is 12.6 Å². The topological polar surface area (TPSA) is 73.6 Å². The zero-order chi connectivity index (χ0) is 15.6. The molecule has 0 aromatic heterocycles. The number of carbonyl (C=O) groups is 2. The third kappa shape index (κ3) is 2.55. The average Bonchev–Trinajstić information content (AvgIpc) is 2.71. The maximum atomic E-state index is 12.6. The van der Waals surface area contributed by atoms with E-state index in [1.165, 1.54) is 4.90 Å². The normalized spacial score (nSPS) is 16.4. The predicted octanol–water partition coefficient (Wildman–Crippen LogP) is 1.34. The molecular formula is C15H17N3O3. The van der Waals surface area contributed by atoms with E-state index in [0.29, 0.717) is 11.1 Å². The van der Waals surface area contributed by atoms with E-state index >= 15 is 0 Å². The summed E-state index contributed by atoms with van der Waals surface area (Å²) in [5.41, 5.74) is 1.86. The predicted molar refractivity (Wildman–Crippen MR) is 76.8 cm³/mol. The van der Waals surface area contributed by atoms with E-state index < -0.39 is 12.0 Å². The fourth-order valence-electron chi connectivity index (χ4n) is 2.47. The Morgan fingerprint density at radius 1 is 1.48 bits per heavy atom. The van der Waals surface area contributed by atoms with E-state index in [1.54, 1.807) is 19.1 Å². The number of anilines is 1. The highest BCUT2D eigenvalue weighted by molar-refractivity contribution is 6.05. The maximum absolute atomic E-state index is 12.6. The minimum Gasteiger partial charge on any atom is -0.465 e. The molecule has 110 valence electrons. The number of hydrogen-bond acceptors (Lipinski definition) is 5. The molecule has 0 saturated heterocycles. The van der Waals surface area contributed by atoms with Crippen LogP contribution in [0.25, 0.3) is 0 Å². The molecule has 1 unspecified atom stereocenters. The first-order valence-corrected chi connectivity index (χ1v) is 6.67. The summed E-state index contributed by atoms with van der Waals surface area (Å²) < 4.78 is 4.87. The molecule has 0 radical (unpaired) electrons. The Morgan fingerprint density at radius 2 is 2.19 bits per heavy atom. The molecule has 1 aliphatic heterocycles. The molecule has 1 aromatic carbocycles. The molecule has 0 fully saturated rings. The van der Waals surface area contributed by atoms with Gasteiger partial charge in [-0.05, 0) is 13.0 Å². The van der Waals surface area contributed by atoms with Crippen LogP contribution >= 0.6 is 0 Å². The largest absolute Gasteiger partial charge is 0.465 e. The van der Waals surface area contributed by atoms with Gasteiger partial charge in [0.15, 0.2) is 0 Å². The molecule has 1 heterocycles. The second-order valence-corrected chi connectivity index (χ2v) is 4.91. The number of nitriles is 1. The van der Waals surface area contributed by atoms with Gasteiger partial charge in [-0.25, -0.2) is 0 Å². The molecule has 1 atom stereocenters. The summed E-state index contributed by atoms with van der Waals surface area (Å²) in [7, 11) is 3.66. The van der Waals surface area contributed by atoms with Gasteiger partial charge in [-0.15, -0.1) is 0 Å². The lowest BCUT2D eigenvalue weighted by Crippen LogP contribution is -2.34. The highest BCUT2D eigenvalue weighted by Crippen LogP contribution is 2.37. The van der Waals surface area contributed by atoms with Gasteiger partial charge in [-0.2, -0.15) is 5.26 Å². The number of carbonyl (C=O) groups excluding carboxylic acids is 2. The van der Waals surface area contributed by atoms with Gasteiger partial charge in [-0.3, -0.25) is 9.59 Å². The third-order valence-corrected chi connectivity index (χ3v) is 3.36. The molecule has 21 heavy (non-hydrogen) atoms. The highest BCUT2D eigenvalue weighted by Gasteiger charge is 2.40. The van der Waals surface area contributed by atoms with E-state index in [9.17, 15) is 14.9 Å². The van der Waals surface area contributed by atoms with Crippen molar-refractivity contribution in [2.75, 3.05) is 32.1 Å². The molecule has 0 saturated carbocycles. The van der Waals surface area contributed by atoms with Gasteiger partial charge in [0.05, 0.1) is 18.2 Å². The van der Waals surface area contributed by atoms with E-state index in [0.717, 1.165) is 5.69 Å². The fraction of sp³-hybridized carbons (Fsp3) is 0.400. The molecule has 0 spiro atoms. The molecule has 1 aromatic rings. The van der Waals surface area contributed by atoms with Crippen molar-refractivity contribution in [3.05, 3.63) is 29.3 Å². The Hall–Kier alpha value is -2.55. The standard InChI is InChI=1S/C15H17N3O3/c1-4-21-13(19)9-18-12(8-16)10-6-5-7-11(17(2)3)14(10)15(18)20/h5-7,12H,4,9H2,1-3H3. The van der Waals surface area contributed by atoms with E-state index in [4.69, 9.17) is 4.74 Å². The maximum Gasteiger partial charge on any atom is 0.325 e. The number of benzene rings is 1. The first-order valence-electron chi connectivity index (χ1n) is 6.67. The zero-order valence-corrected chi connectivity index (χ0v) is 12.3. The SMILES string of the molecule is CCOC(=O)CN1C(=O)c2c(cccc2N(C)C)C1C#N. The summed E-state index contributed by atoms with van der Waals surface area (Å²) in [5.74, 6) is -0.820. The van der Waals surface area contributed by atoms with Crippen LogP contribution in [0.5, 0.6) is 0 Å². The quantitative estimate of drug-likeness (QED) is 0.781. The minimum absolute atomic E-state index is 0.216. The molecule has 0 bridgehead atoms. The van der Waals surface area contributed by atoms with Crippen molar-refractivity contribution >= 4 is 17.6 Å². The molecule has 6 nitrogen and oxygen atoms in total.